The number of nitrogens with zero attached hydrogens (tertiary/aromatic N) is 2. The first-order valence-electron chi connectivity index (χ1n) is 9.73. The summed E-state index contributed by atoms with van der Waals surface area (Å²) in [6.45, 7) is 12.6. The molecule has 1 atom stereocenters. The van der Waals surface area contributed by atoms with Crippen molar-refractivity contribution < 1.29 is 14.3 Å². The summed E-state index contributed by atoms with van der Waals surface area (Å²) < 4.78 is 10.9. The van der Waals surface area contributed by atoms with Crippen LogP contribution in [0.2, 0.25) is 0 Å². The number of benzene rings is 1. The molecular formula is C20H33N3O3. The van der Waals surface area contributed by atoms with Crippen molar-refractivity contribution in [2.75, 3.05) is 57.9 Å². The molecule has 0 aromatic heterocycles. The molecule has 1 aromatic carbocycles. The van der Waals surface area contributed by atoms with Crippen LogP contribution in [0.15, 0.2) is 24.3 Å². The van der Waals surface area contributed by atoms with E-state index in [9.17, 15) is 4.79 Å². The van der Waals surface area contributed by atoms with E-state index in [1.165, 1.54) is 0 Å². The number of hydrogen-bond acceptors (Lipinski definition) is 5. The fourth-order valence-electron chi connectivity index (χ4n) is 3.31. The third-order valence-electron chi connectivity index (χ3n) is 4.70. The van der Waals surface area contributed by atoms with Gasteiger partial charge in [-0.25, -0.2) is 0 Å². The minimum Gasteiger partial charge on any atom is -0.494 e. The molecule has 1 saturated heterocycles. The second kappa shape index (κ2) is 11.2. The number of amides is 1. The molecule has 2 rings (SSSR count). The van der Waals surface area contributed by atoms with E-state index in [0.29, 0.717) is 19.2 Å². The molecule has 0 spiro atoms. The van der Waals surface area contributed by atoms with E-state index in [-0.39, 0.29) is 5.91 Å². The molecule has 1 amide bonds. The van der Waals surface area contributed by atoms with Gasteiger partial charge >= 0.3 is 0 Å². The van der Waals surface area contributed by atoms with Crippen LogP contribution in [0.1, 0.15) is 27.2 Å². The predicted molar refractivity (Wildman–Crippen MR) is 105 cm³/mol. The summed E-state index contributed by atoms with van der Waals surface area (Å²) in [4.78, 5) is 17.1. The number of nitrogens with one attached hydrogen (secondary N) is 1. The number of carbonyl (C=O) groups excluding carboxylic acids is 1. The Balaban J connectivity index is 1.78. The van der Waals surface area contributed by atoms with Crippen molar-refractivity contribution in [2.24, 2.45) is 0 Å². The van der Waals surface area contributed by atoms with Gasteiger partial charge in [-0.2, -0.15) is 0 Å². The molecule has 1 fully saturated rings. The summed E-state index contributed by atoms with van der Waals surface area (Å²) in [6.07, 6.45) is 1.09. The molecule has 1 heterocycles. The second-order valence-corrected chi connectivity index (χ2v) is 6.54. The number of piperazine rings is 1. The van der Waals surface area contributed by atoms with E-state index in [1.807, 2.05) is 38.1 Å². The van der Waals surface area contributed by atoms with Gasteiger partial charge in [0.2, 0.25) is 5.91 Å². The van der Waals surface area contributed by atoms with Gasteiger partial charge in [-0.3, -0.25) is 14.6 Å². The smallest absolute Gasteiger partial charge is 0.238 e. The number of hydrogen-bond donors (Lipinski definition) is 1. The van der Waals surface area contributed by atoms with Crippen LogP contribution in [0, 0.1) is 0 Å². The van der Waals surface area contributed by atoms with Gasteiger partial charge in [-0.1, -0.05) is 6.92 Å². The van der Waals surface area contributed by atoms with Crippen molar-refractivity contribution in [2.45, 2.75) is 33.2 Å². The average Bonchev–Trinajstić information content (AvgIpc) is 2.64. The lowest BCUT2D eigenvalue weighted by atomic mass is 10.1. The fraction of sp³-hybridized carbons (Fsp3) is 0.650. The Kier molecular flexibility index (Phi) is 8.88. The zero-order valence-corrected chi connectivity index (χ0v) is 16.4. The monoisotopic (exact) mass is 363 g/mol. The lowest BCUT2D eigenvalue weighted by Crippen LogP contribution is -2.54. The number of ether oxygens (including phenoxy) is 2. The van der Waals surface area contributed by atoms with Crippen LogP contribution in [0.3, 0.4) is 0 Å². The molecule has 26 heavy (non-hydrogen) atoms. The zero-order chi connectivity index (χ0) is 18.8. The van der Waals surface area contributed by atoms with E-state index in [0.717, 1.165) is 57.3 Å². The summed E-state index contributed by atoms with van der Waals surface area (Å²) >= 11 is 0. The van der Waals surface area contributed by atoms with E-state index in [2.05, 4.69) is 22.0 Å². The molecule has 6 heteroatoms. The molecule has 0 aliphatic carbocycles. The van der Waals surface area contributed by atoms with Crippen LogP contribution >= 0.6 is 0 Å². The molecule has 0 bridgehead atoms. The summed E-state index contributed by atoms with van der Waals surface area (Å²) in [5.74, 6) is 0.853. The molecule has 146 valence electrons. The van der Waals surface area contributed by atoms with Gasteiger partial charge in [0.15, 0.2) is 0 Å². The van der Waals surface area contributed by atoms with Gasteiger partial charge in [0.1, 0.15) is 5.75 Å². The van der Waals surface area contributed by atoms with Crippen LogP contribution in [0.5, 0.6) is 5.75 Å². The van der Waals surface area contributed by atoms with Crippen LogP contribution in [0.25, 0.3) is 0 Å². The molecule has 1 aromatic rings. The van der Waals surface area contributed by atoms with Crippen LogP contribution in [-0.2, 0) is 9.53 Å². The van der Waals surface area contributed by atoms with Crippen LogP contribution in [0.4, 0.5) is 5.69 Å². The van der Waals surface area contributed by atoms with Crippen molar-refractivity contribution in [1.82, 2.24) is 9.80 Å². The highest BCUT2D eigenvalue weighted by atomic mass is 16.5. The highest BCUT2D eigenvalue weighted by molar-refractivity contribution is 5.92. The molecule has 6 nitrogen and oxygen atoms in total. The first kappa shape index (κ1) is 20.7. The Bertz CT molecular complexity index is 536. The highest BCUT2D eigenvalue weighted by Crippen LogP contribution is 2.16. The quantitative estimate of drug-likeness (QED) is 0.647. The maximum atomic E-state index is 12.4. The maximum Gasteiger partial charge on any atom is 0.238 e. The first-order chi connectivity index (χ1) is 12.7. The summed E-state index contributed by atoms with van der Waals surface area (Å²) in [7, 11) is 0. The molecule has 1 aliphatic heterocycles. The Morgan fingerprint density at radius 2 is 1.92 bits per heavy atom. The minimum absolute atomic E-state index is 0.0341. The fourth-order valence-corrected chi connectivity index (χ4v) is 3.31. The largest absolute Gasteiger partial charge is 0.494 e. The van der Waals surface area contributed by atoms with Gasteiger partial charge in [0.25, 0.3) is 0 Å². The Hall–Kier alpha value is -1.63. The lowest BCUT2D eigenvalue weighted by molar-refractivity contribution is -0.118. The molecule has 0 saturated carbocycles. The van der Waals surface area contributed by atoms with Crippen molar-refractivity contribution in [3.8, 4) is 5.75 Å². The van der Waals surface area contributed by atoms with Gasteiger partial charge < -0.3 is 14.8 Å². The van der Waals surface area contributed by atoms with Crippen molar-refractivity contribution in [3.05, 3.63) is 24.3 Å². The third kappa shape index (κ3) is 6.59. The van der Waals surface area contributed by atoms with Crippen molar-refractivity contribution in [1.29, 1.82) is 0 Å². The Morgan fingerprint density at radius 3 is 2.58 bits per heavy atom. The molecule has 1 unspecified atom stereocenters. The first-order valence-corrected chi connectivity index (χ1v) is 9.73. The van der Waals surface area contributed by atoms with Crippen molar-refractivity contribution >= 4 is 11.6 Å². The molecule has 0 radical (unpaired) electrons. The van der Waals surface area contributed by atoms with Gasteiger partial charge in [0, 0.05) is 44.5 Å². The Labute approximate surface area is 157 Å². The number of carbonyl (C=O) groups is 1. The van der Waals surface area contributed by atoms with E-state index < -0.39 is 0 Å². The second-order valence-electron chi connectivity index (χ2n) is 6.54. The van der Waals surface area contributed by atoms with E-state index in [1.54, 1.807) is 0 Å². The van der Waals surface area contributed by atoms with Crippen LogP contribution < -0.4 is 10.1 Å². The van der Waals surface area contributed by atoms with E-state index >= 15 is 0 Å². The Morgan fingerprint density at radius 1 is 1.15 bits per heavy atom. The van der Waals surface area contributed by atoms with Gasteiger partial charge in [-0.05, 0) is 44.5 Å². The lowest BCUT2D eigenvalue weighted by Gasteiger charge is -2.40. The normalized spacial score (nSPS) is 18.7. The van der Waals surface area contributed by atoms with Crippen LogP contribution in [-0.4, -0.2) is 74.3 Å². The molecular weight excluding hydrogens is 330 g/mol. The minimum atomic E-state index is 0.0341. The maximum absolute atomic E-state index is 12.4. The van der Waals surface area contributed by atoms with E-state index in [4.69, 9.17) is 9.47 Å². The summed E-state index contributed by atoms with van der Waals surface area (Å²) in [6, 6.07) is 8.00. The third-order valence-corrected chi connectivity index (χ3v) is 4.70. The van der Waals surface area contributed by atoms with Gasteiger partial charge in [-0.15, -0.1) is 0 Å². The predicted octanol–water partition coefficient (Wildman–Crippen LogP) is 2.46. The molecule has 1 N–H and O–H groups in total. The summed E-state index contributed by atoms with van der Waals surface area (Å²) in [5.41, 5.74) is 0.806. The zero-order valence-electron chi connectivity index (χ0n) is 16.4. The SMILES string of the molecule is CCOCCN1CCN(CC(=O)Nc2ccc(OCC)cc2)CC1CC. The average molecular weight is 364 g/mol. The van der Waals surface area contributed by atoms with Gasteiger partial charge in [0.05, 0.1) is 19.8 Å². The van der Waals surface area contributed by atoms with Crippen molar-refractivity contribution in [3.63, 3.8) is 0 Å². The topological polar surface area (TPSA) is 54.0 Å². The number of rotatable bonds is 10. The number of anilines is 1. The molecule has 1 aliphatic rings. The standard InChI is InChI=1S/C20H33N3O3/c1-4-18-15-22(11-12-23(18)13-14-25-5-2)16-20(24)21-17-7-9-19(10-8-17)26-6-3/h7-10,18H,4-6,11-16H2,1-3H3,(H,21,24). The highest BCUT2D eigenvalue weighted by Gasteiger charge is 2.26. The summed E-state index contributed by atoms with van der Waals surface area (Å²) in [5, 5.41) is 2.97.